The van der Waals surface area contributed by atoms with E-state index in [1.165, 1.54) is 0 Å². The van der Waals surface area contributed by atoms with Gasteiger partial charge in [-0.15, -0.1) is 0 Å². The number of aliphatic imine (C=N–C) groups is 1. The molecule has 3 N–H and O–H groups in total. The number of hydrogen-bond donors (Lipinski definition) is 3. The van der Waals surface area contributed by atoms with Crippen LogP contribution < -0.4 is 20.7 Å². The SMILES string of the molecule is CCNC(=NCc1ccc(C)cc1OCCOC)NCCc1cccc(C(=O)NC)c1. The molecular weight excluding hydrogens is 392 g/mol. The molecular formula is C24H34N4O3. The van der Waals surface area contributed by atoms with Crippen molar-refractivity contribution in [1.29, 1.82) is 0 Å². The molecule has 2 rings (SSSR count). The third-order valence-corrected chi connectivity index (χ3v) is 4.64. The van der Waals surface area contributed by atoms with Crippen molar-refractivity contribution in [3.63, 3.8) is 0 Å². The van der Waals surface area contributed by atoms with Gasteiger partial charge >= 0.3 is 0 Å². The van der Waals surface area contributed by atoms with E-state index in [4.69, 9.17) is 14.5 Å². The van der Waals surface area contributed by atoms with Gasteiger partial charge in [-0.2, -0.15) is 0 Å². The first-order valence-electron chi connectivity index (χ1n) is 10.6. The van der Waals surface area contributed by atoms with Crippen molar-refractivity contribution in [2.45, 2.75) is 26.8 Å². The van der Waals surface area contributed by atoms with Crippen LogP contribution in [-0.4, -0.2) is 52.3 Å². The molecule has 1 amide bonds. The topological polar surface area (TPSA) is 84.0 Å². The lowest BCUT2D eigenvalue weighted by Gasteiger charge is -2.14. The first-order chi connectivity index (χ1) is 15.1. The Morgan fingerprint density at radius 3 is 2.68 bits per heavy atom. The van der Waals surface area contributed by atoms with Gasteiger partial charge in [0.25, 0.3) is 5.91 Å². The second-order valence-electron chi connectivity index (χ2n) is 7.10. The van der Waals surface area contributed by atoms with Gasteiger partial charge in [-0.25, -0.2) is 4.99 Å². The molecule has 0 spiro atoms. The van der Waals surface area contributed by atoms with Crippen LogP contribution in [0.3, 0.4) is 0 Å². The van der Waals surface area contributed by atoms with Crippen LogP contribution in [0.5, 0.6) is 5.75 Å². The predicted molar refractivity (Wildman–Crippen MR) is 125 cm³/mol. The maximum absolute atomic E-state index is 11.8. The average molecular weight is 427 g/mol. The Kier molecular flexibility index (Phi) is 10.4. The second-order valence-corrected chi connectivity index (χ2v) is 7.10. The quantitative estimate of drug-likeness (QED) is 0.292. The summed E-state index contributed by atoms with van der Waals surface area (Å²) in [4.78, 5) is 16.5. The lowest BCUT2D eigenvalue weighted by molar-refractivity contribution is 0.0963. The molecule has 7 heteroatoms. The molecule has 2 aromatic carbocycles. The van der Waals surface area contributed by atoms with Crippen LogP contribution in [0.1, 0.15) is 34.0 Å². The molecule has 0 saturated carbocycles. The fraction of sp³-hybridized carbons (Fsp3) is 0.417. The highest BCUT2D eigenvalue weighted by atomic mass is 16.5. The van der Waals surface area contributed by atoms with E-state index in [-0.39, 0.29) is 5.91 Å². The van der Waals surface area contributed by atoms with Gasteiger partial charge in [0.1, 0.15) is 12.4 Å². The van der Waals surface area contributed by atoms with E-state index in [0.29, 0.717) is 31.9 Å². The molecule has 0 atom stereocenters. The van der Waals surface area contributed by atoms with E-state index in [1.54, 1.807) is 14.2 Å². The average Bonchev–Trinajstić information content (AvgIpc) is 2.78. The number of nitrogens with zero attached hydrogens (tertiary/aromatic N) is 1. The van der Waals surface area contributed by atoms with Crippen LogP contribution in [0.25, 0.3) is 0 Å². The zero-order valence-corrected chi connectivity index (χ0v) is 19.0. The number of carbonyl (C=O) groups excluding carboxylic acids is 1. The summed E-state index contributed by atoms with van der Waals surface area (Å²) in [5.74, 6) is 1.50. The molecule has 0 bridgehead atoms. The zero-order valence-electron chi connectivity index (χ0n) is 19.0. The Morgan fingerprint density at radius 2 is 1.94 bits per heavy atom. The number of benzene rings is 2. The number of hydrogen-bond acceptors (Lipinski definition) is 4. The molecule has 0 fully saturated rings. The van der Waals surface area contributed by atoms with Crippen molar-refractivity contribution >= 4 is 11.9 Å². The van der Waals surface area contributed by atoms with Gasteiger partial charge in [-0.1, -0.05) is 24.3 Å². The minimum atomic E-state index is -0.0775. The summed E-state index contributed by atoms with van der Waals surface area (Å²) >= 11 is 0. The lowest BCUT2D eigenvalue weighted by atomic mass is 10.1. The minimum Gasteiger partial charge on any atom is -0.491 e. The summed E-state index contributed by atoms with van der Waals surface area (Å²) in [7, 11) is 3.30. The van der Waals surface area contributed by atoms with Crippen molar-refractivity contribution in [2.75, 3.05) is 40.5 Å². The molecule has 0 aliphatic heterocycles. The summed E-state index contributed by atoms with van der Waals surface area (Å²) in [6, 6.07) is 13.8. The van der Waals surface area contributed by atoms with Gasteiger partial charge in [0, 0.05) is 38.4 Å². The van der Waals surface area contributed by atoms with Crippen molar-refractivity contribution in [3.05, 3.63) is 64.7 Å². The number of aryl methyl sites for hydroxylation is 1. The number of amides is 1. The van der Waals surface area contributed by atoms with E-state index in [9.17, 15) is 4.79 Å². The monoisotopic (exact) mass is 426 g/mol. The van der Waals surface area contributed by atoms with Crippen LogP contribution in [0.4, 0.5) is 0 Å². The Bertz CT molecular complexity index is 868. The second kappa shape index (κ2) is 13.3. The Labute approximate surface area is 185 Å². The maximum atomic E-state index is 11.8. The van der Waals surface area contributed by atoms with E-state index in [0.717, 1.165) is 41.4 Å². The largest absolute Gasteiger partial charge is 0.491 e. The molecule has 0 aliphatic rings. The Hall–Kier alpha value is -3.06. The zero-order chi connectivity index (χ0) is 22.5. The fourth-order valence-corrected chi connectivity index (χ4v) is 3.01. The summed E-state index contributed by atoms with van der Waals surface area (Å²) in [5, 5.41) is 9.29. The van der Waals surface area contributed by atoms with Crippen LogP contribution in [0.2, 0.25) is 0 Å². The predicted octanol–water partition coefficient (Wildman–Crippen LogP) is 2.68. The normalized spacial score (nSPS) is 11.2. The first kappa shape index (κ1) is 24.2. The van der Waals surface area contributed by atoms with Crippen LogP contribution in [0.15, 0.2) is 47.5 Å². The Balaban J connectivity index is 1.99. The van der Waals surface area contributed by atoms with Crippen molar-refractivity contribution in [2.24, 2.45) is 4.99 Å². The summed E-state index contributed by atoms with van der Waals surface area (Å²) in [5.41, 5.74) is 3.93. The number of carbonyl (C=O) groups is 1. The van der Waals surface area contributed by atoms with Crippen LogP contribution in [0, 0.1) is 6.92 Å². The Morgan fingerprint density at radius 1 is 1.10 bits per heavy atom. The molecule has 0 radical (unpaired) electrons. The molecule has 0 saturated heterocycles. The van der Waals surface area contributed by atoms with Gasteiger partial charge in [0.2, 0.25) is 0 Å². The number of guanidine groups is 1. The molecule has 168 valence electrons. The van der Waals surface area contributed by atoms with E-state index in [2.05, 4.69) is 28.1 Å². The fourth-order valence-electron chi connectivity index (χ4n) is 3.01. The molecule has 7 nitrogen and oxygen atoms in total. The summed E-state index contributed by atoms with van der Waals surface area (Å²) < 4.78 is 10.9. The molecule has 0 heterocycles. The smallest absolute Gasteiger partial charge is 0.251 e. The van der Waals surface area contributed by atoms with Gasteiger partial charge in [0.05, 0.1) is 13.2 Å². The molecule has 2 aromatic rings. The van der Waals surface area contributed by atoms with Gasteiger partial charge < -0.3 is 25.4 Å². The van der Waals surface area contributed by atoms with E-state index in [1.807, 2.05) is 44.2 Å². The van der Waals surface area contributed by atoms with Crippen LogP contribution >= 0.6 is 0 Å². The molecule has 0 unspecified atom stereocenters. The highest BCUT2D eigenvalue weighted by molar-refractivity contribution is 5.94. The lowest BCUT2D eigenvalue weighted by Crippen LogP contribution is -2.38. The highest BCUT2D eigenvalue weighted by Gasteiger charge is 2.06. The standard InChI is InChI=1S/C24H34N4O3/c1-5-26-24(27-12-11-19-7-6-8-20(16-19)23(29)25-3)28-17-21-10-9-18(2)15-22(21)31-14-13-30-4/h6-10,15-16H,5,11-14,17H2,1-4H3,(H,25,29)(H2,26,27,28). The van der Waals surface area contributed by atoms with Gasteiger partial charge in [-0.05, 0) is 49.6 Å². The van der Waals surface area contributed by atoms with Gasteiger partial charge in [0.15, 0.2) is 5.96 Å². The molecule has 0 aromatic heterocycles. The third kappa shape index (κ3) is 8.30. The van der Waals surface area contributed by atoms with Crippen molar-refractivity contribution < 1.29 is 14.3 Å². The summed E-state index contributed by atoms with van der Waals surface area (Å²) in [6.45, 7) is 7.10. The van der Waals surface area contributed by atoms with Crippen LogP contribution in [-0.2, 0) is 17.7 Å². The van der Waals surface area contributed by atoms with E-state index >= 15 is 0 Å². The van der Waals surface area contributed by atoms with E-state index < -0.39 is 0 Å². The number of nitrogens with one attached hydrogen (secondary N) is 3. The summed E-state index contributed by atoms with van der Waals surface area (Å²) in [6.07, 6.45) is 0.783. The number of ether oxygens (including phenoxy) is 2. The maximum Gasteiger partial charge on any atom is 0.251 e. The highest BCUT2D eigenvalue weighted by Crippen LogP contribution is 2.21. The minimum absolute atomic E-state index is 0.0775. The number of methoxy groups -OCH3 is 1. The molecule has 0 aliphatic carbocycles. The first-order valence-corrected chi connectivity index (χ1v) is 10.6. The van der Waals surface area contributed by atoms with Crippen molar-refractivity contribution in [1.82, 2.24) is 16.0 Å². The number of rotatable bonds is 11. The van der Waals surface area contributed by atoms with Crippen molar-refractivity contribution in [3.8, 4) is 5.75 Å². The molecule has 31 heavy (non-hydrogen) atoms. The third-order valence-electron chi connectivity index (χ3n) is 4.64. The van der Waals surface area contributed by atoms with Gasteiger partial charge in [-0.3, -0.25) is 4.79 Å².